The number of piperazine rings is 1. The van der Waals surface area contributed by atoms with Gasteiger partial charge >= 0.3 is 0 Å². The summed E-state index contributed by atoms with van der Waals surface area (Å²) in [5.74, 6) is -0.662. The summed E-state index contributed by atoms with van der Waals surface area (Å²) in [6.45, 7) is 9.59. The highest BCUT2D eigenvalue weighted by Gasteiger charge is 2.20. The van der Waals surface area contributed by atoms with E-state index >= 15 is 0 Å². The van der Waals surface area contributed by atoms with Crippen LogP contribution in [0.15, 0.2) is 48.8 Å². The van der Waals surface area contributed by atoms with E-state index in [2.05, 4.69) is 38.9 Å². The first-order valence-corrected chi connectivity index (χ1v) is 11.0. The Hall–Kier alpha value is -3.52. The van der Waals surface area contributed by atoms with Crippen molar-refractivity contribution in [1.82, 2.24) is 14.9 Å². The van der Waals surface area contributed by atoms with Crippen molar-refractivity contribution >= 4 is 17.5 Å². The molecule has 172 valence electrons. The predicted octanol–water partition coefficient (Wildman–Crippen LogP) is 4.14. The van der Waals surface area contributed by atoms with Gasteiger partial charge in [0, 0.05) is 73.9 Å². The van der Waals surface area contributed by atoms with E-state index in [0.29, 0.717) is 17.2 Å². The van der Waals surface area contributed by atoms with Gasteiger partial charge in [0.05, 0.1) is 0 Å². The van der Waals surface area contributed by atoms with Crippen molar-refractivity contribution in [2.45, 2.75) is 26.8 Å². The number of hydrogen-bond acceptors (Lipinski definition) is 6. The molecule has 33 heavy (non-hydrogen) atoms. The fourth-order valence-electron chi connectivity index (χ4n) is 4.10. The fourth-order valence-corrected chi connectivity index (χ4v) is 4.10. The molecular weight excluding hydrogens is 421 g/mol. The number of aromatic nitrogens is 2. The zero-order chi connectivity index (χ0) is 23.5. The number of phenolic OH excluding ortho intramolecular Hbond substituents is 1. The molecule has 0 aliphatic carbocycles. The van der Waals surface area contributed by atoms with Crippen LogP contribution in [0.4, 0.5) is 16.0 Å². The second-order valence-corrected chi connectivity index (χ2v) is 8.49. The zero-order valence-corrected chi connectivity index (χ0v) is 19.0. The van der Waals surface area contributed by atoms with Crippen molar-refractivity contribution < 1.29 is 14.3 Å². The molecule has 1 fully saturated rings. The van der Waals surface area contributed by atoms with E-state index in [1.54, 1.807) is 0 Å². The molecule has 0 bridgehead atoms. The van der Waals surface area contributed by atoms with Gasteiger partial charge in [-0.3, -0.25) is 15.0 Å². The second-order valence-electron chi connectivity index (χ2n) is 8.49. The molecule has 3 aromatic rings. The lowest BCUT2D eigenvalue weighted by Gasteiger charge is -2.38. The lowest BCUT2D eigenvalue weighted by molar-refractivity contribution is -0.114. The molecule has 7 nitrogen and oxygen atoms in total. The van der Waals surface area contributed by atoms with E-state index in [0.717, 1.165) is 37.4 Å². The molecule has 0 spiro atoms. The lowest BCUT2D eigenvalue weighted by atomic mass is 9.97. The lowest BCUT2D eigenvalue weighted by Crippen LogP contribution is -2.48. The molecule has 8 heteroatoms. The molecule has 1 aliphatic heterocycles. The van der Waals surface area contributed by atoms with Gasteiger partial charge in [0.15, 0.2) is 0 Å². The molecule has 1 aromatic heterocycles. The summed E-state index contributed by atoms with van der Waals surface area (Å²) in [6.07, 6.45) is 2.89. The quantitative estimate of drug-likeness (QED) is 0.609. The Labute approximate surface area is 192 Å². The smallest absolute Gasteiger partial charge is 0.229 e. The minimum absolute atomic E-state index is 0.0472. The van der Waals surface area contributed by atoms with Crippen LogP contribution in [0.25, 0.3) is 22.3 Å². The number of benzene rings is 2. The summed E-state index contributed by atoms with van der Waals surface area (Å²) in [7, 11) is 0. The van der Waals surface area contributed by atoms with Crippen molar-refractivity contribution in [2.75, 3.05) is 36.4 Å². The van der Waals surface area contributed by atoms with Gasteiger partial charge in [-0.25, -0.2) is 14.4 Å². The van der Waals surface area contributed by atoms with E-state index in [1.807, 2.05) is 24.3 Å². The number of anilines is 2. The fraction of sp³-hybridized carbons (Fsp3) is 0.320. The number of halogens is 1. The SMILES string of the molecule is CC(=O)Nc1ncc(-c2cc(F)cc(-c3cccc(N4CCN(C(C)C)CC4)c3)c2O)cn1. The largest absolute Gasteiger partial charge is 0.507 e. The van der Waals surface area contributed by atoms with Crippen LogP contribution in [0.2, 0.25) is 0 Å². The van der Waals surface area contributed by atoms with Crippen LogP contribution in [-0.4, -0.2) is 58.1 Å². The van der Waals surface area contributed by atoms with Crippen LogP contribution >= 0.6 is 0 Å². The third kappa shape index (κ3) is 5.12. The third-order valence-corrected chi connectivity index (χ3v) is 5.89. The summed E-state index contributed by atoms with van der Waals surface area (Å²) < 4.78 is 14.6. The predicted molar refractivity (Wildman–Crippen MR) is 128 cm³/mol. The van der Waals surface area contributed by atoms with Crippen LogP contribution in [0.5, 0.6) is 5.75 Å². The maximum absolute atomic E-state index is 14.6. The van der Waals surface area contributed by atoms with Gasteiger partial charge in [-0.15, -0.1) is 0 Å². The van der Waals surface area contributed by atoms with E-state index in [-0.39, 0.29) is 23.2 Å². The number of carbonyl (C=O) groups excluding carboxylic acids is 1. The van der Waals surface area contributed by atoms with E-state index in [1.165, 1.54) is 31.5 Å². The Kier molecular flexibility index (Phi) is 6.55. The standard InChI is InChI=1S/C25H28FN5O2/c1-16(2)30-7-9-31(10-8-30)21-6-4-5-18(11-21)22-12-20(26)13-23(24(22)33)19-14-27-25(28-15-19)29-17(3)32/h4-6,11-16,33H,7-10H2,1-3H3,(H,27,28,29,32). The minimum Gasteiger partial charge on any atom is -0.507 e. The number of hydrogen-bond donors (Lipinski definition) is 2. The van der Waals surface area contributed by atoms with Crippen molar-refractivity contribution in [3.63, 3.8) is 0 Å². The molecule has 2 N–H and O–H groups in total. The number of amides is 1. The first-order chi connectivity index (χ1) is 15.8. The monoisotopic (exact) mass is 449 g/mol. The molecule has 1 aliphatic rings. The van der Waals surface area contributed by atoms with Crippen molar-refractivity contribution in [2.24, 2.45) is 0 Å². The van der Waals surface area contributed by atoms with Gasteiger partial charge in [-0.05, 0) is 43.7 Å². The van der Waals surface area contributed by atoms with E-state index < -0.39 is 5.82 Å². The molecule has 0 radical (unpaired) electrons. The average Bonchev–Trinajstić information content (AvgIpc) is 2.81. The molecule has 4 rings (SSSR count). The maximum Gasteiger partial charge on any atom is 0.229 e. The minimum atomic E-state index is -0.473. The van der Waals surface area contributed by atoms with Gasteiger partial charge in [-0.1, -0.05) is 12.1 Å². The average molecular weight is 450 g/mol. The summed E-state index contributed by atoms with van der Waals surface area (Å²) in [4.78, 5) is 24.1. The van der Waals surface area contributed by atoms with E-state index in [4.69, 9.17) is 0 Å². The van der Waals surface area contributed by atoms with Crippen molar-refractivity contribution in [3.8, 4) is 28.0 Å². The number of phenols is 1. The Balaban J connectivity index is 1.63. The summed E-state index contributed by atoms with van der Waals surface area (Å²) >= 11 is 0. The Morgan fingerprint density at radius 1 is 1.03 bits per heavy atom. The van der Waals surface area contributed by atoms with Gasteiger partial charge in [0.25, 0.3) is 0 Å². The Morgan fingerprint density at radius 2 is 1.67 bits per heavy atom. The molecule has 0 saturated carbocycles. The number of carbonyl (C=O) groups is 1. The van der Waals surface area contributed by atoms with Gasteiger partial charge in [-0.2, -0.15) is 0 Å². The highest BCUT2D eigenvalue weighted by atomic mass is 19.1. The summed E-state index contributed by atoms with van der Waals surface area (Å²) in [5.41, 5.74) is 2.91. The number of nitrogens with zero attached hydrogens (tertiary/aromatic N) is 4. The number of rotatable bonds is 5. The maximum atomic E-state index is 14.6. The zero-order valence-electron chi connectivity index (χ0n) is 19.0. The van der Waals surface area contributed by atoms with Crippen LogP contribution < -0.4 is 10.2 Å². The van der Waals surface area contributed by atoms with Crippen LogP contribution in [0.3, 0.4) is 0 Å². The topological polar surface area (TPSA) is 81.6 Å². The molecule has 1 saturated heterocycles. The van der Waals surface area contributed by atoms with Crippen LogP contribution in [0, 0.1) is 5.82 Å². The normalized spacial score (nSPS) is 14.5. The molecule has 2 heterocycles. The van der Waals surface area contributed by atoms with Crippen molar-refractivity contribution in [3.05, 3.63) is 54.6 Å². The molecule has 1 amide bonds. The van der Waals surface area contributed by atoms with Gasteiger partial charge < -0.3 is 10.0 Å². The number of aromatic hydroxyl groups is 1. The van der Waals surface area contributed by atoms with Crippen LogP contribution in [0.1, 0.15) is 20.8 Å². The summed E-state index contributed by atoms with van der Waals surface area (Å²) in [5, 5.41) is 13.5. The Bertz CT molecular complexity index is 1140. The first kappa shape index (κ1) is 22.7. The van der Waals surface area contributed by atoms with Gasteiger partial charge in [0.1, 0.15) is 11.6 Å². The highest BCUT2D eigenvalue weighted by Crippen LogP contribution is 2.39. The van der Waals surface area contributed by atoms with Crippen LogP contribution in [-0.2, 0) is 4.79 Å². The Morgan fingerprint density at radius 3 is 2.27 bits per heavy atom. The summed E-state index contributed by atoms with van der Waals surface area (Å²) in [6, 6.07) is 10.9. The van der Waals surface area contributed by atoms with E-state index in [9.17, 15) is 14.3 Å². The molecule has 0 atom stereocenters. The first-order valence-electron chi connectivity index (χ1n) is 11.0. The second kappa shape index (κ2) is 9.54. The highest BCUT2D eigenvalue weighted by molar-refractivity contribution is 5.87. The molecular formula is C25H28FN5O2. The van der Waals surface area contributed by atoms with Crippen molar-refractivity contribution in [1.29, 1.82) is 0 Å². The molecule has 0 unspecified atom stereocenters. The number of nitrogens with one attached hydrogen (secondary N) is 1. The van der Waals surface area contributed by atoms with Gasteiger partial charge in [0.2, 0.25) is 11.9 Å². The molecule has 2 aromatic carbocycles. The third-order valence-electron chi connectivity index (χ3n) is 5.89.